The number of hydrogen-bond donors (Lipinski definition) is 1. The average Bonchev–Trinajstić information content (AvgIpc) is 2.79. The monoisotopic (exact) mass is 422 g/mol. The van der Waals surface area contributed by atoms with Crippen LogP contribution in [0, 0.1) is 0 Å². The number of pyridine rings is 2. The number of nitrogens with zero attached hydrogens (tertiary/aromatic N) is 5. The van der Waals surface area contributed by atoms with Crippen LogP contribution in [-0.2, 0) is 11.3 Å². The van der Waals surface area contributed by atoms with Gasteiger partial charge in [0.05, 0.1) is 37.2 Å². The van der Waals surface area contributed by atoms with Gasteiger partial charge in [0.1, 0.15) is 5.52 Å². The van der Waals surface area contributed by atoms with Crippen molar-refractivity contribution in [1.29, 1.82) is 0 Å². The lowest BCUT2D eigenvalue weighted by Gasteiger charge is -2.56. The maximum atomic E-state index is 13.4. The lowest BCUT2D eigenvalue weighted by atomic mass is 9.89. The van der Waals surface area contributed by atoms with Gasteiger partial charge in [-0.05, 0) is 18.6 Å². The molecule has 0 saturated carbocycles. The number of hydrogen-bond acceptors (Lipinski definition) is 8. The van der Waals surface area contributed by atoms with E-state index in [4.69, 9.17) is 14.5 Å². The van der Waals surface area contributed by atoms with Crippen molar-refractivity contribution < 1.29 is 9.47 Å². The topological polar surface area (TPSA) is 94.4 Å². The number of fused-ring (bicyclic) bond motifs is 2. The summed E-state index contributed by atoms with van der Waals surface area (Å²) in [7, 11) is 1.58. The zero-order valence-corrected chi connectivity index (χ0v) is 17.7. The minimum Gasteiger partial charge on any atom is -0.481 e. The second kappa shape index (κ2) is 8.24. The van der Waals surface area contributed by atoms with Crippen LogP contribution in [0.5, 0.6) is 5.88 Å². The Balaban J connectivity index is 1.55. The number of rotatable bonds is 8. The predicted octanol–water partition coefficient (Wildman–Crippen LogP) is 1.45. The number of anilines is 1. The fraction of sp³-hybridized carbons (Fsp3) is 0.455. The van der Waals surface area contributed by atoms with E-state index >= 15 is 0 Å². The highest BCUT2D eigenvalue weighted by Gasteiger charge is 2.47. The zero-order chi connectivity index (χ0) is 21.4. The van der Waals surface area contributed by atoms with E-state index in [1.165, 1.54) is 0 Å². The number of ether oxygens (including phenoxy) is 2. The molecule has 9 heteroatoms. The molecule has 9 nitrogen and oxygen atoms in total. The van der Waals surface area contributed by atoms with E-state index in [9.17, 15) is 4.79 Å². The zero-order valence-electron chi connectivity index (χ0n) is 17.7. The maximum absolute atomic E-state index is 13.4. The first kappa shape index (κ1) is 19.9. The summed E-state index contributed by atoms with van der Waals surface area (Å²) in [6, 6.07) is 6.43. The molecule has 5 heterocycles. The Morgan fingerprint density at radius 1 is 1.23 bits per heavy atom. The molecule has 0 aromatic carbocycles. The van der Waals surface area contributed by atoms with E-state index < -0.39 is 0 Å². The van der Waals surface area contributed by atoms with Gasteiger partial charge in [-0.3, -0.25) is 9.78 Å². The molecule has 2 aliphatic heterocycles. The number of aromatic nitrogens is 4. The maximum Gasteiger partial charge on any atom is 0.294 e. The van der Waals surface area contributed by atoms with Gasteiger partial charge in [0, 0.05) is 50.1 Å². The van der Waals surface area contributed by atoms with Gasteiger partial charge in [-0.25, -0.2) is 9.97 Å². The van der Waals surface area contributed by atoms with Crippen molar-refractivity contribution in [2.75, 3.05) is 38.3 Å². The predicted molar refractivity (Wildman–Crippen MR) is 118 cm³/mol. The molecule has 3 aromatic heterocycles. The van der Waals surface area contributed by atoms with Gasteiger partial charge >= 0.3 is 0 Å². The van der Waals surface area contributed by atoms with E-state index in [1.807, 2.05) is 12.1 Å². The van der Waals surface area contributed by atoms with Crippen LogP contribution >= 0.6 is 0 Å². The van der Waals surface area contributed by atoms with E-state index in [-0.39, 0.29) is 5.56 Å². The molecule has 0 spiro atoms. The Morgan fingerprint density at radius 3 is 2.77 bits per heavy atom. The van der Waals surface area contributed by atoms with Crippen LogP contribution in [0.3, 0.4) is 0 Å². The van der Waals surface area contributed by atoms with E-state index in [1.54, 1.807) is 30.1 Å². The standard InChI is InChI=1S/C22H26N6O3/c1-3-7-31-8-6-27-18-9-15(14-4-5-20(30-2)25-10-14)23-11-16(18)26-21(22(27)29)28-13-17-19(28)12-24-17/h4-5,9-11,17,19,24H,3,6-8,12-13H2,1-2H3/t17?,19-/m0/s1. The summed E-state index contributed by atoms with van der Waals surface area (Å²) in [5.41, 5.74) is 2.94. The molecule has 31 heavy (non-hydrogen) atoms. The van der Waals surface area contributed by atoms with Gasteiger partial charge < -0.3 is 24.3 Å². The Labute approximate surface area is 180 Å². The Hall–Kier alpha value is -3.04. The third-order valence-corrected chi connectivity index (χ3v) is 5.98. The van der Waals surface area contributed by atoms with Gasteiger partial charge in [-0.2, -0.15) is 0 Å². The first-order valence-electron chi connectivity index (χ1n) is 10.7. The van der Waals surface area contributed by atoms with Crippen LogP contribution in [-0.4, -0.2) is 65.0 Å². The van der Waals surface area contributed by atoms with Crippen molar-refractivity contribution in [1.82, 2.24) is 24.8 Å². The van der Waals surface area contributed by atoms with Gasteiger partial charge in [-0.1, -0.05) is 6.92 Å². The molecular formula is C22H26N6O3. The minimum absolute atomic E-state index is 0.0806. The van der Waals surface area contributed by atoms with E-state index in [0.29, 0.717) is 49.1 Å². The molecule has 2 saturated heterocycles. The molecule has 2 fully saturated rings. The molecule has 2 aliphatic rings. The van der Waals surface area contributed by atoms with Crippen LogP contribution in [0.25, 0.3) is 22.3 Å². The van der Waals surface area contributed by atoms with E-state index in [2.05, 4.69) is 27.1 Å². The van der Waals surface area contributed by atoms with Crippen molar-refractivity contribution in [2.24, 2.45) is 0 Å². The Morgan fingerprint density at radius 2 is 2.13 bits per heavy atom. The van der Waals surface area contributed by atoms with Crippen LogP contribution < -0.4 is 20.5 Å². The molecule has 3 aromatic rings. The van der Waals surface area contributed by atoms with Crippen molar-refractivity contribution in [3.63, 3.8) is 0 Å². The summed E-state index contributed by atoms with van der Waals surface area (Å²) >= 11 is 0. The minimum atomic E-state index is -0.0806. The Bertz CT molecular complexity index is 1150. The van der Waals surface area contributed by atoms with Crippen LogP contribution in [0.4, 0.5) is 5.82 Å². The second-order valence-electron chi connectivity index (χ2n) is 7.89. The smallest absolute Gasteiger partial charge is 0.294 e. The molecule has 0 amide bonds. The van der Waals surface area contributed by atoms with Gasteiger partial charge in [0.25, 0.3) is 5.56 Å². The lowest BCUT2D eigenvalue weighted by molar-refractivity contribution is 0.127. The van der Waals surface area contributed by atoms with Crippen molar-refractivity contribution >= 4 is 16.9 Å². The molecule has 0 radical (unpaired) electrons. The average molecular weight is 422 g/mol. The molecule has 5 rings (SSSR count). The third kappa shape index (κ3) is 3.53. The molecular weight excluding hydrogens is 396 g/mol. The number of nitrogens with one attached hydrogen (secondary N) is 1. The van der Waals surface area contributed by atoms with Crippen LogP contribution in [0.1, 0.15) is 13.3 Å². The largest absolute Gasteiger partial charge is 0.481 e. The van der Waals surface area contributed by atoms with Gasteiger partial charge in [0.2, 0.25) is 5.88 Å². The summed E-state index contributed by atoms with van der Waals surface area (Å²) < 4.78 is 12.6. The quantitative estimate of drug-likeness (QED) is 0.545. The second-order valence-corrected chi connectivity index (χ2v) is 7.89. The number of piperazine rings is 1. The third-order valence-electron chi connectivity index (χ3n) is 5.98. The molecule has 0 bridgehead atoms. The van der Waals surface area contributed by atoms with Crippen LogP contribution in [0.15, 0.2) is 35.4 Å². The first-order valence-corrected chi connectivity index (χ1v) is 10.7. The van der Waals surface area contributed by atoms with Crippen LogP contribution in [0.2, 0.25) is 0 Å². The lowest BCUT2D eigenvalue weighted by Crippen LogP contribution is -2.78. The summed E-state index contributed by atoms with van der Waals surface area (Å²) in [6.45, 7) is 5.40. The summed E-state index contributed by atoms with van der Waals surface area (Å²) in [6.07, 6.45) is 4.39. The molecule has 162 valence electrons. The Kier molecular flexibility index (Phi) is 5.29. The first-order chi connectivity index (χ1) is 15.2. The van der Waals surface area contributed by atoms with Crippen molar-refractivity contribution in [2.45, 2.75) is 32.0 Å². The fourth-order valence-electron chi connectivity index (χ4n) is 4.11. The van der Waals surface area contributed by atoms with Gasteiger partial charge in [0.15, 0.2) is 5.82 Å². The van der Waals surface area contributed by atoms with Gasteiger partial charge in [-0.15, -0.1) is 0 Å². The van der Waals surface area contributed by atoms with Crippen molar-refractivity contribution in [3.05, 3.63) is 40.9 Å². The fourth-order valence-corrected chi connectivity index (χ4v) is 4.11. The molecule has 1 unspecified atom stereocenters. The molecule has 0 aliphatic carbocycles. The van der Waals surface area contributed by atoms with E-state index in [0.717, 1.165) is 36.3 Å². The molecule has 2 atom stereocenters. The normalized spacial score (nSPS) is 19.6. The molecule has 1 N–H and O–H groups in total. The SMILES string of the molecule is CCCOCCn1c(=O)c(N2CC3NC[C@@H]32)nc2cnc(-c3ccc(OC)nc3)cc21. The number of methoxy groups -OCH3 is 1. The summed E-state index contributed by atoms with van der Waals surface area (Å²) in [4.78, 5) is 29.1. The van der Waals surface area contributed by atoms with Crippen molar-refractivity contribution in [3.8, 4) is 17.1 Å². The highest BCUT2D eigenvalue weighted by atomic mass is 16.5. The highest BCUT2D eigenvalue weighted by molar-refractivity contribution is 5.80. The highest BCUT2D eigenvalue weighted by Crippen LogP contribution is 2.29. The summed E-state index contributed by atoms with van der Waals surface area (Å²) in [5.74, 6) is 1.05. The summed E-state index contributed by atoms with van der Waals surface area (Å²) in [5, 5.41) is 3.37.